The Labute approximate surface area is 144 Å². The lowest BCUT2D eigenvalue weighted by molar-refractivity contribution is 0.153. The SMILES string of the molecule is CCc1ccc(C2CNCCN2Cc2cnn(CCOC)c2)cc1. The van der Waals surface area contributed by atoms with Gasteiger partial charge < -0.3 is 10.1 Å². The Morgan fingerprint density at radius 1 is 1.25 bits per heavy atom. The van der Waals surface area contributed by atoms with Crippen molar-refractivity contribution in [3.8, 4) is 0 Å². The summed E-state index contributed by atoms with van der Waals surface area (Å²) in [6, 6.07) is 9.50. The summed E-state index contributed by atoms with van der Waals surface area (Å²) in [5.74, 6) is 0. The molecule has 1 aromatic carbocycles. The van der Waals surface area contributed by atoms with Gasteiger partial charge >= 0.3 is 0 Å². The summed E-state index contributed by atoms with van der Waals surface area (Å²) in [6.07, 6.45) is 5.21. The van der Waals surface area contributed by atoms with Gasteiger partial charge in [-0.3, -0.25) is 9.58 Å². The first-order valence-corrected chi connectivity index (χ1v) is 8.84. The van der Waals surface area contributed by atoms with Gasteiger partial charge in [0, 0.05) is 51.1 Å². The van der Waals surface area contributed by atoms with E-state index in [2.05, 4.69) is 52.7 Å². The number of ether oxygens (including phenoxy) is 1. The summed E-state index contributed by atoms with van der Waals surface area (Å²) >= 11 is 0. The molecule has 130 valence electrons. The van der Waals surface area contributed by atoms with Crippen LogP contribution in [-0.4, -0.2) is 48.0 Å². The number of aryl methyl sites for hydroxylation is 1. The molecule has 5 nitrogen and oxygen atoms in total. The molecule has 1 aliphatic rings. The van der Waals surface area contributed by atoms with Gasteiger partial charge in [-0.15, -0.1) is 0 Å². The predicted octanol–water partition coefficient (Wildman–Crippen LogP) is 2.24. The van der Waals surface area contributed by atoms with E-state index in [1.807, 2.05) is 10.9 Å². The van der Waals surface area contributed by atoms with Crippen molar-refractivity contribution in [1.29, 1.82) is 0 Å². The lowest BCUT2D eigenvalue weighted by Gasteiger charge is -2.36. The molecule has 1 N–H and O–H groups in total. The number of piperazine rings is 1. The number of methoxy groups -OCH3 is 1. The summed E-state index contributed by atoms with van der Waals surface area (Å²) < 4.78 is 7.08. The molecule has 1 aromatic heterocycles. The lowest BCUT2D eigenvalue weighted by atomic mass is 10.0. The molecule has 0 saturated carbocycles. The fourth-order valence-corrected chi connectivity index (χ4v) is 3.27. The molecular formula is C19H28N4O. The van der Waals surface area contributed by atoms with Crippen LogP contribution in [0.5, 0.6) is 0 Å². The Hall–Kier alpha value is -1.69. The normalized spacial score (nSPS) is 18.8. The maximum atomic E-state index is 5.12. The Morgan fingerprint density at radius 2 is 2.08 bits per heavy atom. The van der Waals surface area contributed by atoms with Gasteiger partial charge in [0.1, 0.15) is 0 Å². The Kier molecular flexibility index (Phi) is 6.01. The monoisotopic (exact) mass is 328 g/mol. The van der Waals surface area contributed by atoms with Gasteiger partial charge in [0.2, 0.25) is 0 Å². The van der Waals surface area contributed by atoms with Gasteiger partial charge in [-0.25, -0.2) is 0 Å². The number of rotatable bonds is 7. The van der Waals surface area contributed by atoms with E-state index in [4.69, 9.17) is 4.74 Å². The molecule has 2 aromatic rings. The van der Waals surface area contributed by atoms with E-state index in [1.54, 1.807) is 7.11 Å². The zero-order chi connectivity index (χ0) is 16.8. The Bertz CT molecular complexity index is 623. The van der Waals surface area contributed by atoms with Gasteiger partial charge in [-0.05, 0) is 17.5 Å². The van der Waals surface area contributed by atoms with Crippen LogP contribution in [0.3, 0.4) is 0 Å². The molecule has 2 heterocycles. The first-order valence-electron chi connectivity index (χ1n) is 8.84. The fraction of sp³-hybridized carbons (Fsp3) is 0.526. The highest BCUT2D eigenvalue weighted by Gasteiger charge is 2.24. The van der Waals surface area contributed by atoms with Crippen LogP contribution in [0, 0.1) is 0 Å². The molecule has 1 atom stereocenters. The van der Waals surface area contributed by atoms with Crippen LogP contribution >= 0.6 is 0 Å². The number of benzene rings is 1. The Morgan fingerprint density at radius 3 is 2.83 bits per heavy atom. The van der Waals surface area contributed by atoms with E-state index < -0.39 is 0 Å². The van der Waals surface area contributed by atoms with Crippen LogP contribution in [0.1, 0.15) is 29.7 Å². The maximum Gasteiger partial charge on any atom is 0.0658 e. The molecule has 1 fully saturated rings. The Balaban J connectivity index is 1.68. The second kappa shape index (κ2) is 8.42. The molecule has 3 rings (SSSR count). The van der Waals surface area contributed by atoms with E-state index in [0.29, 0.717) is 12.6 Å². The topological polar surface area (TPSA) is 42.3 Å². The van der Waals surface area contributed by atoms with Crippen LogP contribution in [0.2, 0.25) is 0 Å². The fourth-order valence-electron chi connectivity index (χ4n) is 3.27. The van der Waals surface area contributed by atoms with Gasteiger partial charge in [0.25, 0.3) is 0 Å². The summed E-state index contributed by atoms with van der Waals surface area (Å²) in [4.78, 5) is 2.55. The van der Waals surface area contributed by atoms with Crippen LogP contribution in [0.25, 0.3) is 0 Å². The third-order valence-corrected chi connectivity index (χ3v) is 4.72. The van der Waals surface area contributed by atoms with E-state index in [1.165, 1.54) is 16.7 Å². The molecule has 1 unspecified atom stereocenters. The molecule has 0 radical (unpaired) electrons. The zero-order valence-electron chi connectivity index (χ0n) is 14.7. The highest BCUT2D eigenvalue weighted by Crippen LogP contribution is 2.24. The van der Waals surface area contributed by atoms with Crippen molar-refractivity contribution in [2.45, 2.75) is 32.5 Å². The van der Waals surface area contributed by atoms with Crippen molar-refractivity contribution >= 4 is 0 Å². The van der Waals surface area contributed by atoms with Crippen LogP contribution in [-0.2, 0) is 24.2 Å². The minimum absolute atomic E-state index is 0.423. The summed E-state index contributed by atoms with van der Waals surface area (Å²) in [5.41, 5.74) is 4.06. The van der Waals surface area contributed by atoms with Gasteiger partial charge in [-0.1, -0.05) is 31.2 Å². The van der Waals surface area contributed by atoms with Crippen molar-refractivity contribution in [2.24, 2.45) is 0 Å². The molecule has 1 saturated heterocycles. The molecule has 5 heteroatoms. The van der Waals surface area contributed by atoms with Crippen molar-refractivity contribution in [3.05, 3.63) is 53.3 Å². The molecule has 1 aliphatic heterocycles. The smallest absolute Gasteiger partial charge is 0.0658 e. The highest BCUT2D eigenvalue weighted by atomic mass is 16.5. The minimum Gasteiger partial charge on any atom is -0.383 e. The third kappa shape index (κ3) is 4.23. The highest BCUT2D eigenvalue weighted by molar-refractivity contribution is 5.26. The standard InChI is InChI=1S/C19H28N4O/c1-3-16-4-6-18(7-5-16)19-13-20-8-9-22(19)14-17-12-21-23(15-17)10-11-24-2/h4-7,12,15,19-20H,3,8-11,13-14H2,1-2H3. The molecule has 0 amide bonds. The van der Waals surface area contributed by atoms with Crippen LogP contribution in [0.15, 0.2) is 36.7 Å². The minimum atomic E-state index is 0.423. The third-order valence-electron chi connectivity index (χ3n) is 4.72. The van der Waals surface area contributed by atoms with Crippen molar-refractivity contribution in [2.75, 3.05) is 33.4 Å². The zero-order valence-corrected chi connectivity index (χ0v) is 14.7. The van der Waals surface area contributed by atoms with E-state index in [-0.39, 0.29) is 0 Å². The summed E-state index contributed by atoms with van der Waals surface area (Å²) in [7, 11) is 1.72. The first-order chi connectivity index (χ1) is 11.8. The number of hydrogen-bond acceptors (Lipinski definition) is 4. The van der Waals surface area contributed by atoms with E-state index in [9.17, 15) is 0 Å². The molecule has 24 heavy (non-hydrogen) atoms. The average Bonchev–Trinajstić information content (AvgIpc) is 3.08. The van der Waals surface area contributed by atoms with Crippen molar-refractivity contribution in [3.63, 3.8) is 0 Å². The van der Waals surface area contributed by atoms with E-state index >= 15 is 0 Å². The number of aromatic nitrogens is 2. The number of nitrogens with one attached hydrogen (secondary N) is 1. The number of nitrogens with zero attached hydrogens (tertiary/aromatic N) is 3. The average molecular weight is 328 g/mol. The quantitative estimate of drug-likeness (QED) is 0.846. The van der Waals surface area contributed by atoms with Gasteiger partial charge in [-0.2, -0.15) is 5.10 Å². The first kappa shape index (κ1) is 17.1. The molecule has 0 aliphatic carbocycles. The second-order valence-electron chi connectivity index (χ2n) is 6.39. The van der Waals surface area contributed by atoms with Gasteiger partial charge in [0.15, 0.2) is 0 Å². The van der Waals surface area contributed by atoms with E-state index in [0.717, 1.165) is 39.1 Å². The molecule has 0 bridgehead atoms. The van der Waals surface area contributed by atoms with Crippen LogP contribution < -0.4 is 5.32 Å². The van der Waals surface area contributed by atoms with Gasteiger partial charge in [0.05, 0.1) is 19.3 Å². The predicted molar refractivity (Wildman–Crippen MR) is 95.9 cm³/mol. The summed E-state index contributed by atoms with van der Waals surface area (Å²) in [5, 5.41) is 7.97. The molecule has 0 spiro atoms. The lowest BCUT2D eigenvalue weighted by Crippen LogP contribution is -2.45. The largest absolute Gasteiger partial charge is 0.383 e. The second-order valence-corrected chi connectivity index (χ2v) is 6.39. The maximum absolute atomic E-state index is 5.12. The number of hydrogen-bond donors (Lipinski definition) is 1. The summed E-state index contributed by atoms with van der Waals surface area (Å²) in [6.45, 7) is 7.74. The van der Waals surface area contributed by atoms with Crippen LogP contribution in [0.4, 0.5) is 0 Å². The van der Waals surface area contributed by atoms with Crippen molar-refractivity contribution < 1.29 is 4.74 Å². The van der Waals surface area contributed by atoms with Crippen molar-refractivity contribution in [1.82, 2.24) is 20.0 Å². The molecular weight excluding hydrogens is 300 g/mol.